The Morgan fingerprint density at radius 1 is 1.36 bits per heavy atom. The number of carbonyl (C=O) groups is 1. The van der Waals surface area contributed by atoms with Crippen molar-refractivity contribution in [3.05, 3.63) is 69.0 Å². The van der Waals surface area contributed by atoms with Crippen LogP contribution in [0.2, 0.25) is 0 Å². The molecule has 0 saturated heterocycles. The number of carbonyl (C=O) groups excluding carboxylic acids is 1. The van der Waals surface area contributed by atoms with Crippen molar-refractivity contribution in [1.29, 1.82) is 0 Å². The number of aromatic nitrogens is 1. The van der Waals surface area contributed by atoms with Crippen molar-refractivity contribution in [3.8, 4) is 11.3 Å². The Morgan fingerprint density at radius 3 is 3.00 bits per heavy atom. The van der Waals surface area contributed by atoms with Gasteiger partial charge in [-0.1, -0.05) is 0 Å². The number of amides is 1. The second-order valence-electron chi connectivity index (χ2n) is 4.80. The summed E-state index contributed by atoms with van der Waals surface area (Å²) in [6.45, 7) is 0.377. The summed E-state index contributed by atoms with van der Waals surface area (Å²) < 4.78 is 6.72. The van der Waals surface area contributed by atoms with Gasteiger partial charge in [0.15, 0.2) is 0 Å². The fourth-order valence-corrected chi connectivity index (χ4v) is 2.89. The van der Waals surface area contributed by atoms with Crippen LogP contribution in [0.5, 0.6) is 0 Å². The highest BCUT2D eigenvalue weighted by Crippen LogP contribution is 2.25. The van der Waals surface area contributed by atoms with Crippen molar-refractivity contribution in [1.82, 2.24) is 9.88 Å². The van der Waals surface area contributed by atoms with Crippen LogP contribution in [0.4, 0.5) is 0 Å². The van der Waals surface area contributed by atoms with Crippen molar-refractivity contribution in [2.24, 2.45) is 7.05 Å². The summed E-state index contributed by atoms with van der Waals surface area (Å²) in [5.41, 5.74) is 0.824. The number of thiophene rings is 1. The minimum atomic E-state index is -0.367. The van der Waals surface area contributed by atoms with Crippen LogP contribution in [-0.4, -0.2) is 10.5 Å². The molecule has 0 unspecified atom stereocenters. The maximum atomic E-state index is 12.1. The second-order valence-corrected chi connectivity index (χ2v) is 5.80. The van der Waals surface area contributed by atoms with Gasteiger partial charge in [0.05, 0.1) is 12.8 Å². The van der Waals surface area contributed by atoms with E-state index in [1.54, 1.807) is 25.6 Å². The highest BCUT2D eigenvalue weighted by atomic mass is 32.1. The molecule has 0 aliphatic heterocycles. The van der Waals surface area contributed by atoms with Gasteiger partial charge in [0.2, 0.25) is 0 Å². The highest BCUT2D eigenvalue weighted by Gasteiger charge is 2.11. The molecule has 0 saturated carbocycles. The zero-order valence-corrected chi connectivity index (χ0v) is 12.7. The number of furan rings is 1. The van der Waals surface area contributed by atoms with Gasteiger partial charge in [-0.3, -0.25) is 9.59 Å². The molecule has 3 rings (SSSR count). The number of aryl methyl sites for hydroxylation is 1. The molecule has 22 heavy (non-hydrogen) atoms. The Morgan fingerprint density at radius 2 is 2.23 bits per heavy atom. The summed E-state index contributed by atoms with van der Waals surface area (Å²) in [6, 6.07) is 8.89. The molecule has 0 fully saturated rings. The molecule has 3 heterocycles. The molecule has 3 aromatic heterocycles. The van der Waals surface area contributed by atoms with Crippen molar-refractivity contribution in [2.45, 2.75) is 6.54 Å². The van der Waals surface area contributed by atoms with Crippen LogP contribution >= 0.6 is 11.3 Å². The first-order valence-electron chi connectivity index (χ1n) is 6.70. The molecule has 0 aliphatic carbocycles. The number of hydrogen-bond donors (Lipinski definition) is 1. The summed E-state index contributed by atoms with van der Waals surface area (Å²) in [5, 5.41) is 4.74. The average Bonchev–Trinajstić information content (AvgIpc) is 3.18. The summed E-state index contributed by atoms with van der Waals surface area (Å²) >= 11 is 1.53. The molecule has 0 atom stereocenters. The minimum Gasteiger partial charge on any atom is -0.464 e. The number of rotatable bonds is 4. The molecule has 1 amide bonds. The van der Waals surface area contributed by atoms with Gasteiger partial charge in [0.25, 0.3) is 11.5 Å². The van der Waals surface area contributed by atoms with Crippen LogP contribution < -0.4 is 10.9 Å². The zero-order valence-electron chi connectivity index (χ0n) is 11.9. The number of nitrogens with zero attached hydrogens (tertiary/aromatic N) is 1. The maximum absolute atomic E-state index is 12.1. The first-order chi connectivity index (χ1) is 10.6. The molecule has 5 nitrogen and oxygen atoms in total. The van der Waals surface area contributed by atoms with Gasteiger partial charge < -0.3 is 14.3 Å². The molecular formula is C16H14N2O3S. The van der Waals surface area contributed by atoms with E-state index in [9.17, 15) is 9.59 Å². The molecule has 0 aliphatic rings. The lowest BCUT2D eigenvalue weighted by Gasteiger charge is -2.04. The van der Waals surface area contributed by atoms with Crippen LogP contribution in [0.15, 0.2) is 57.4 Å². The standard InChI is InChI=1S/C16H14N2O3S/c1-18-6-2-4-13(16(18)20)15(19)17-9-12-8-11(10-22-12)14-5-3-7-21-14/h2-8,10H,9H2,1H3,(H,17,19). The number of pyridine rings is 1. The lowest BCUT2D eigenvalue weighted by atomic mass is 10.2. The molecule has 1 N–H and O–H groups in total. The van der Waals surface area contributed by atoms with Crippen LogP contribution in [0.25, 0.3) is 11.3 Å². The first kappa shape index (κ1) is 14.3. The first-order valence-corrected chi connectivity index (χ1v) is 7.58. The second kappa shape index (κ2) is 6.03. The summed E-state index contributed by atoms with van der Waals surface area (Å²) in [7, 11) is 1.62. The van der Waals surface area contributed by atoms with Crippen LogP contribution in [0, 0.1) is 0 Å². The van der Waals surface area contributed by atoms with Gasteiger partial charge in [-0.15, -0.1) is 11.3 Å². The Balaban J connectivity index is 1.69. The third kappa shape index (κ3) is 2.87. The Labute approximate surface area is 130 Å². The third-order valence-electron chi connectivity index (χ3n) is 3.25. The van der Waals surface area contributed by atoms with E-state index in [2.05, 4.69) is 5.32 Å². The minimum absolute atomic E-state index is 0.146. The number of nitrogens with one attached hydrogen (secondary N) is 1. The van der Waals surface area contributed by atoms with E-state index >= 15 is 0 Å². The van der Waals surface area contributed by atoms with E-state index in [0.717, 1.165) is 16.2 Å². The van der Waals surface area contributed by atoms with Gasteiger partial charge in [-0.2, -0.15) is 0 Å². The van der Waals surface area contributed by atoms with Crippen LogP contribution in [-0.2, 0) is 13.6 Å². The molecule has 0 spiro atoms. The van der Waals surface area contributed by atoms with Crippen LogP contribution in [0.1, 0.15) is 15.2 Å². The van der Waals surface area contributed by atoms with Gasteiger partial charge in [0, 0.05) is 29.1 Å². The molecule has 0 radical (unpaired) electrons. The van der Waals surface area contributed by atoms with E-state index in [1.807, 2.05) is 23.6 Å². The van der Waals surface area contributed by atoms with E-state index in [1.165, 1.54) is 22.0 Å². The molecule has 112 valence electrons. The van der Waals surface area contributed by atoms with E-state index in [4.69, 9.17) is 4.42 Å². The predicted octanol–water partition coefficient (Wildman–Crippen LogP) is 2.64. The number of hydrogen-bond acceptors (Lipinski definition) is 4. The molecule has 6 heteroatoms. The lowest BCUT2D eigenvalue weighted by Crippen LogP contribution is -2.31. The van der Waals surface area contributed by atoms with Crippen molar-refractivity contribution < 1.29 is 9.21 Å². The Bertz CT molecular complexity index is 846. The van der Waals surface area contributed by atoms with Gasteiger partial charge in [-0.05, 0) is 30.3 Å². The van der Waals surface area contributed by atoms with Gasteiger partial charge in [-0.25, -0.2) is 0 Å². The van der Waals surface area contributed by atoms with Crippen molar-refractivity contribution in [2.75, 3.05) is 0 Å². The molecule has 0 aromatic carbocycles. The third-order valence-corrected chi connectivity index (χ3v) is 4.19. The van der Waals surface area contributed by atoms with Crippen molar-refractivity contribution >= 4 is 17.2 Å². The van der Waals surface area contributed by atoms with E-state index < -0.39 is 0 Å². The normalized spacial score (nSPS) is 10.6. The Kier molecular flexibility index (Phi) is 3.93. The van der Waals surface area contributed by atoms with Gasteiger partial charge in [0.1, 0.15) is 11.3 Å². The Hall–Kier alpha value is -2.60. The summed E-state index contributed by atoms with van der Waals surface area (Å²) in [6.07, 6.45) is 3.24. The average molecular weight is 314 g/mol. The monoisotopic (exact) mass is 314 g/mol. The largest absolute Gasteiger partial charge is 0.464 e. The topological polar surface area (TPSA) is 64.2 Å². The van der Waals surface area contributed by atoms with Gasteiger partial charge >= 0.3 is 0 Å². The predicted molar refractivity (Wildman–Crippen MR) is 84.9 cm³/mol. The smallest absolute Gasteiger partial charge is 0.263 e. The molecule has 0 bridgehead atoms. The van der Waals surface area contributed by atoms with E-state index in [0.29, 0.717) is 6.54 Å². The maximum Gasteiger partial charge on any atom is 0.263 e. The lowest BCUT2D eigenvalue weighted by molar-refractivity contribution is 0.0949. The van der Waals surface area contributed by atoms with E-state index in [-0.39, 0.29) is 17.0 Å². The fourth-order valence-electron chi connectivity index (χ4n) is 2.08. The summed E-state index contributed by atoms with van der Waals surface area (Å²) in [5.74, 6) is 0.430. The SMILES string of the molecule is Cn1cccc(C(=O)NCc2cc(-c3ccco3)cs2)c1=O. The van der Waals surface area contributed by atoms with Crippen LogP contribution in [0.3, 0.4) is 0 Å². The summed E-state index contributed by atoms with van der Waals surface area (Å²) in [4.78, 5) is 25.0. The molecular weight excluding hydrogens is 300 g/mol. The fraction of sp³-hybridized carbons (Fsp3) is 0.125. The molecule has 3 aromatic rings. The quantitative estimate of drug-likeness (QED) is 0.805. The highest BCUT2D eigenvalue weighted by molar-refractivity contribution is 7.10. The van der Waals surface area contributed by atoms with Crippen molar-refractivity contribution in [3.63, 3.8) is 0 Å². The zero-order chi connectivity index (χ0) is 15.5.